The number of anilines is 1. The Kier molecular flexibility index (Phi) is 9.93. The van der Waals surface area contributed by atoms with E-state index in [0.717, 1.165) is 13.4 Å². The van der Waals surface area contributed by atoms with E-state index in [9.17, 15) is 18.0 Å². The molecule has 37 heavy (non-hydrogen) atoms. The molecule has 0 spiro atoms. The molecule has 196 valence electrons. The van der Waals surface area contributed by atoms with Gasteiger partial charge < -0.3 is 15.0 Å². The summed E-state index contributed by atoms with van der Waals surface area (Å²) in [5.74, 6) is -0.153. The van der Waals surface area contributed by atoms with E-state index in [2.05, 4.69) is 27.9 Å². The van der Waals surface area contributed by atoms with Gasteiger partial charge in [0.1, 0.15) is 18.3 Å². The van der Waals surface area contributed by atoms with Gasteiger partial charge in [-0.2, -0.15) is 0 Å². The lowest BCUT2D eigenvalue weighted by Crippen LogP contribution is -2.51. The first-order chi connectivity index (χ1) is 17.7. The highest BCUT2D eigenvalue weighted by atomic mass is 127. The third-order valence-corrected chi connectivity index (χ3v) is 8.38. The van der Waals surface area contributed by atoms with Gasteiger partial charge in [-0.1, -0.05) is 37.3 Å². The Morgan fingerprint density at radius 2 is 1.59 bits per heavy atom. The first kappa shape index (κ1) is 28.5. The summed E-state index contributed by atoms with van der Waals surface area (Å²) in [6.07, 6.45) is 0.358. The van der Waals surface area contributed by atoms with Crippen LogP contribution < -0.4 is 14.4 Å². The Morgan fingerprint density at radius 3 is 2.14 bits per heavy atom. The van der Waals surface area contributed by atoms with Crippen LogP contribution in [-0.2, 0) is 26.2 Å². The van der Waals surface area contributed by atoms with Crippen LogP contribution in [0.5, 0.6) is 5.75 Å². The lowest BCUT2D eigenvalue weighted by molar-refractivity contribution is -0.140. The largest absolute Gasteiger partial charge is 0.497 e. The summed E-state index contributed by atoms with van der Waals surface area (Å²) in [7, 11) is -0.991. The molecule has 3 aromatic rings. The van der Waals surface area contributed by atoms with Gasteiger partial charge in [0, 0.05) is 17.2 Å². The van der Waals surface area contributed by atoms with E-state index >= 15 is 0 Å². The normalized spacial score (nSPS) is 11.9. The van der Waals surface area contributed by atoms with Crippen molar-refractivity contribution in [2.45, 2.75) is 30.8 Å². The maximum absolute atomic E-state index is 13.8. The maximum Gasteiger partial charge on any atom is 0.264 e. The number of hydrogen-bond acceptors (Lipinski definition) is 5. The molecule has 1 atom stereocenters. The highest BCUT2D eigenvalue weighted by Gasteiger charge is 2.33. The summed E-state index contributed by atoms with van der Waals surface area (Å²) < 4.78 is 34.6. The van der Waals surface area contributed by atoms with E-state index in [1.807, 2.05) is 19.1 Å². The van der Waals surface area contributed by atoms with Crippen molar-refractivity contribution in [1.29, 1.82) is 0 Å². The molecule has 0 aliphatic carbocycles. The number of halogens is 1. The van der Waals surface area contributed by atoms with Crippen molar-refractivity contribution in [1.82, 2.24) is 10.2 Å². The highest BCUT2D eigenvalue weighted by molar-refractivity contribution is 14.1. The van der Waals surface area contributed by atoms with Gasteiger partial charge in [-0.15, -0.1) is 0 Å². The average Bonchev–Trinajstić information content (AvgIpc) is 2.92. The van der Waals surface area contributed by atoms with Gasteiger partial charge in [0.25, 0.3) is 10.0 Å². The van der Waals surface area contributed by atoms with Crippen molar-refractivity contribution in [3.63, 3.8) is 0 Å². The molecule has 0 fully saturated rings. The maximum atomic E-state index is 13.8. The van der Waals surface area contributed by atoms with E-state index in [1.165, 1.54) is 24.1 Å². The van der Waals surface area contributed by atoms with Crippen LogP contribution in [0, 0.1) is 3.57 Å². The van der Waals surface area contributed by atoms with Gasteiger partial charge in [0.2, 0.25) is 11.8 Å². The molecule has 0 aromatic heterocycles. The Bertz CT molecular complexity index is 1300. The number of hydrogen-bond donors (Lipinski definition) is 1. The smallest absolute Gasteiger partial charge is 0.264 e. The quantitative estimate of drug-likeness (QED) is 0.321. The van der Waals surface area contributed by atoms with Crippen LogP contribution in [0.3, 0.4) is 0 Å². The number of sulfonamides is 1. The lowest BCUT2D eigenvalue weighted by Gasteiger charge is -2.33. The van der Waals surface area contributed by atoms with E-state index in [-0.39, 0.29) is 17.3 Å². The molecule has 8 nitrogen and oxygen atoms in total. The van der Waals surface area contributed by atoms with Gasteiger partial charge in [0.05, 0.1) is 17.7 Å². The van der Waals surface area contributed by atoms with Gasteiger partial charge >= 0.3 is 0 Å². The van der Waals surface area contributed by atoms with Gasteiger partial charge in [-0.3, -0.25) is 13.9 Å². The second-order valence-corrected chi connectivity index (χ2v) is 11.3. The Morgan fingerprint density at radius 1 is 0.973 bits per heavy atom. The average molecular weight is 636 g/mol. The number of nitrogens with one attached hydrogen (secondary N) is 1. The summed E-state index contributed by atoms with van der Waals surface area (Å²) >= 11 is 2.13. The van der Waals surface area contributed by atoms with Crippen molar-refractivity contribution in [3.05, 3.63) is 88.0 Å². The minimum Gasteiger partial charge on any atom is -0.497 e. The predicted molar refractivity (Wildman–Crippen MR) is 152 cm³/mol. The van der Waals surface area contributed by atoms with E-state index < -0.39 is 28.5 Å². The van der Waals surface area contributed by atoms with Gasteiger partial charge in [-0.05, 0) is 83.1 Å². The molecule has 2 amide bonds. The van der Waals surface area contributed by atoms with E-state index in [1.54, 1.807) is 61.7 Å². The zero-order valence-electron chi connectivity index (χ0n) is 20.9. The minimum atomic E-state index is -4.07. The van der Waals surface area contributed by atoms with Crippen LogP contribution in [-0.4, -0.2) is 51.9 Å². The molecule has 0 bridgehead atoms. The van der Waals surface area contributed by atoms with Crippen LogP contribution in [0.1, 0.15) is 18.9 Å². The number of likely N-dealkylation sites (N-methyl/N-ethyl adjacent to an activating group) is 1. The molecule has 0 saturated carbocycles. The number of carbonyl (C=O) groups is 2. The lowest BCUT2D eigenvalue weighted by atomic mass is 10.1. The molecule has 10 heteroatoms. The summed E-state index contributed by atoms with van der Waals surface area (Å²) in [5.41, 5.74) is 1.14. The molecular weight excluding hydrogens is 605 g/mol. The predicted octanol–water partition coefficient (Wildman–Crippen LogP) is 4.05. The first-order valence-electron chi connectivity index (χ1n) is 11.7. The van der Waals surface area contributed by atoms with Crippen molar-refractivity contribution in [2.75, 3.05) is 25.0 Å². The minimum absolute atomic E-state index is 0.0707. The first-order valence-corrected chi connectivity index (χ1v) is 14.2. The molecule has 0 saturated heterocycles. The van der Waals surface area contributed by atoms with Gasteiger partial charge in [-0.25, -0.2) is 8.42 Å². The second kappa shape index (κ2) is 12.9. The van der Waals surface area contributed by atoms with Crippen molar-refractivity contribution >= 4 is 50.1 Å². The summed E-state index contributed by atoms with van der Waals surface area (Å²) in [4.78, 5) is 28.1. The van der Waals surface area contributed by atoms with E-state index in [0.29, 0.717) is 17.9 Å². The molecule has 1 N–H and O–H groups in total. The standard InChI is InChI=1S/C27H30IN3O5S/c1-4-25(27(33)29-2)30(18-20-10-16-23(36-3)17-11-20)26(32)19-31(22-14-12-21(28)13-15-22)37(34,35)24-8-6-5-7-9-24/h5-17,25H,4,18-19H2,1-3H3,(H,29,33). The molecular formula is C27H30IN3O5S. The van der Waals surface area contributed by atoms with Crippen LogP contribution in [0.4, 0.5) is 5.69 Å². The summed E-state index contributed by atoms with van der Waals surface area (Å²) in [6.45, 7) is 1.47. The van der Waals surface area contributed by atoms with Crippen molar-refractivity contribution in [2.24, 2.45) is 0 Å². The molecule has 3 rings (SSSR count). The Labute approximate surface area is 231 Å². The fraction of sp³-hybridized carbons (Fsp3) is 0.259. The van der Waals surface area contributed by atoms with Crippen molar-refractivity contribution < 1.29 is 22.7 Å². The number of rotatable bonds is 11. The zero-order valence-corrected chi connectivity index (χ0v) is 23.9. The van der Waals surface area contributed by atoms with Crippen LogP contribution in [0.25, 0.3) is 0 Å². The number of carbonyl (C=O) groups excluding carboxylic acids is 2. The van der Waals surface area contributed by atoms with Crippen LogP contribution >= 0.6 is 22.6 Å². The molecule has 1 unspecified atom stereocenters. The molecule has 0 heterocycles. The SMILES string of the molecule is CCC(C(=O)NC)N(Cc1ccc(OC)cc1)C(=O)CN(c1ccc(I)cc1)S(=O)(=O)c1ccccc1. The van der Waals surface area contributed by atoms with Crippen LogP contribution in [0.2, 0.25) is 0 Å². The van der Waals surface area contributed by atoms with Gasteiger partial charge in [0.15, 0.2) is 0 Å². The molecule has 0 radical (unpaired) electrons. The second-order valence-electron chi connectivity index (χ2n) is 8.21. The molecule has 0 aliphatic heterocycles. The van der Waals surface area contributed by atoms with E-state index in [4.69, 9.17) is 4.74 Å². The third-order valence-electron chi connectivity index (χ3n) is 5.87. The Hall–Kier alpha value is -3.12. The number of ether oxygens (including phenoxy) is 1. The number of nitrogens with zero attached hydrogens (tertiary/aromatic N) is 2. The number of amides is 2. The fourth-order valence-corrected chi connectivity index (χ4v) is 5.66. The van der Waals surface area contributed by atoms with Crippen LogP contribution in [0.15, 0.2) is 83.8 Å². The molecule has 3 aromatic carbocycles. The summed E-state index contributed by atoms with van der Waals surface area (Å²) in [5, 5.41) is 2.62. The monoisotopic (exact) mass is 635 g/mol. The third kappa shape index (κ3) is 7.01. The topological polar surface area (TPSA) is 96.0 Å². The Balaban J connectivity index is 2.02. The molecule has 0 aliphatic rings. The highest BCUT2D eigenvalue weighted by Crippen LogP contribution is 2.25. The number of methoxy groups -OCH3 is 1. The summed E-state index contributed by atoms with van der Waals surface area (Å²) in [6, 6.07) is 21.3. The van der Waals surface area contributed by atoms with Crippen molar-refractivity contribution in [3.8, 4) is 5.75 Å². The fourth-order valence-electron chi connectivity index (χ4n) is 3.87. The zero-order chi connectivity index (χ0) is 27.0. The number of benzene rings is 3.